The van der Waals surface area contributed by atoms with Crippen LogP contribution in [0.1, 0.15) is 45.4 Å². The van der Waals surface area contributed by atoms with Crippen molar-refractivity contribution in [2.45, 2.75) is 45.4 Å². The van der Waals surface area contributed by atoms with Crippen LogP contribution in [0.5, 0.6) is 0 Å². The lowest BCUT2D eigenvalue weighted by Crippen LogP contribution is -2.33. The van der Waals surface area contributed by atoms with Gasteiger partial charge in [0.25, 0.3) is 0 Å². The van der Waals surface area contributed by atoms with Crippen molar-refractivity contribution in [3.8, 4) is 0 Å². The van der Waals surface area contributed by atoms with Crippen LogP contribution in [0.2, 0.25) is 0 Å². The zero-order valence-electron chi connectivity index (χ0n) is 14.3. The Morgan fingerprint density at radius 2 is 1.14 bits per heavy atom. The van der Waals surface area contributed by atoms with E-state index in [1.54, 1.807) is 0 Å². The highest BCUT2D eigenvalue weighted by Crippen LogP contribution is 1.98. The van der Waals surface area contributed by atoms with Crippen molar-refractivity contribution in [1.82, 2.24) is 21.3 Å². The van der Waals surface area contributed by atoms with E-state index in [0.29, 0.717) is 6.42 Å². The number of carboxylic acid groups (broad SMARTS) is 1. The third kappa shape index (κ3) is 19.3. The molecule has 0 aliphatic carbocycles. The van der Waals surface area contributed by atoms with Gasteiger partial charge in [-0.3, -0.25) is 4.79 Å². The van der Waals surface area contributed by atoms with Gasteiger partial charge in [0.15, 0.2) is 0 Å². The molecule has 22 heavy (non-hydrogen) atoms. The minimum Gasteiger partial charge on any atom is -0.481 e. The van der Waals surface area contributed by atoms with Crippen LogP contribution in [0, 0.1) is 0 Å². The summed E-state index contributed by atoms with van der Waals surface area (Å²) in [5, 5.41) is 22.0. The largest absolute Gasteiger partial charge is 0.481 e. The maximum Gasteiger partial charge on any atom is 0.303 e. The molecule has 0 aromatic heterocycles. The summed E-state index contributed by atoms with van der Waals surface area (Å²) in [4.78, 5) is 10.3. The summed E-state index contributed by atoms with van der Waals surface area (Å²) in [5.74, 6) is -0.691. The lowest BCUT2D eigenvalue weighted by Gasteiger charge is -2.08. The van der Waals surface area contributed by atoms with E-state index in [1.165, 1.54) is 12.8 Å². The molecule has 0 aliphatic rings. The Bertz CT molecular complexity index is 240. The second-order valence-electron chi connectivity index (χ2n) is 5.52. The van der Waals surface area contributed by atoms with E-state index in [0.717, 1.165) is 71.6 Å². The summed E-state index contributed by atoms with van der Waals surface area (Å²) >= 11 is 0. The third-order valence-electron chi connectivity index (χ3n) is 3.41. The van der Waals surface area contributed by atoms with E-state index in [4.69, 9.17) is 5.11 Å². The molecule has 6 heteroatoms. The quantitative estimate of drug-likeness (QED) is 0.240. The van der Waals surface area contributed by atoms with Gasteiger partial charge in [-0.25, -0.2) is 0 Å². The molecule has 0 saturated carbocycles. The van der Waals surface area contributed by atoms with Gasteiger partial charge in [0.1, 0.15) is 0 Å². The lowest BCUT2D eigenvalue weighted by atomic mass is 10.2. The van der Waals surface area contributed by atoms with Gasteiger partial charge < -0.3 is 26.4 Å². The summed E-state index contributed by atoms with van der Waals surface area (Å²) in [5.41, 5.74) is 0. The van der Waals surface area contributed by atoms with Gasteiger partial charge in [0.2, 0.25) is 0 Å². The predicted octanol–water partition coefficient (Wildman–Crippen LogP) is 0.790. The van der Waals surface area contributed by atoms with Gasteiger partial charge in [-0.2, -0.15) is 0 Å². The molecule has 0 amide bonds. The maximum absolute atomic E-state index is 10.3. The number of rotatable bonds is 18. The number of carbonyl (C=O) groups is 1. The zero-order chi connectivity index (χ0) is 16.3. The van der Waals surface area contributed by atoms with Gasteiger partial charge >= 0.3 is 5.97 Å². The molecule has 0 aromatic carbocycles. The van der Waals surface area contributed by atoms with Gasteiger partial charge in [0.05, 0.1) is 0 Å². The summed E-state index contributed by atoms with van der Waals surface area (Å²) in [7, 11) is 0. The van der Waals surface area contributed by atoms with E-state index in [-0.39, 0.29) is 0 Å². The van der Waals surface area contributed by atoms with Crippen LogP contribution in [0.25, 0.3) is 0 Å². The van der Waals surface area contributed by atoms with Crippen molar-refractivity contribution in [2.75, 3.05) is 52.4 Å². The van der Waals surface area contributed by atoms with Crippen molar-refractivity contribution in [1.29, 1.82) is 0 Å². The average Bonchev–Trinajstić information content (AvgIpc) is 2.50. The van der Waals surface area contributed by atoms with E-state index in [1.807, 2.05) is 0 Å². The van der Waals surface area contributed by atoms with Crippen molar-refractivity contribution in [3.63, 3.8) is 0 Å². The Balaban J connectivity index is 2.95. The molecule has 0 spiro atoms. The average molecular weight is 316 g/mol. The van der Waals surface area contributed by atoms with Gasteiger partial charge in [-0.05, 0) is 51.9 Å². The molecule has 0 aliphatic heterocycles. The highest BCUT2D eigenvalue weighted by Gasteiger charge is 1.96. The first-order chi connectivity index (χ1) is 10.8. The summed E-state index contributed by atoms with van der Waals surface area (Å²) in [6.07, 6.45) is 5.60. The van der Waals surface area contributed by atoms with Crippen molar-refractivity contribution in [2.24, 2.45) is 0 Å². The van der Waals surface area contributed by atoms with Crippen LogP contribution in [0.15, 0.2) is 0 Å². The molecule has 0 heterocycles. The van der Waals surface area contributed by atoms with E-state index in [9.17, 15) is 4.79 Å². The molecule has 6 nitrogen and oxygen atoms in total. The summed E-state index contributed by atoms with van der Waals surface area (Å²) < 4.78 is 0. The first-order valence-electron chi connectivity index (χ1n) is 8.82. The van der Waals surface area contributed by atoms with Crippen LogP contribution >= 0.6 is 0 Å². The normalized spacial score (nSPS) is 11.0. The number of hydrogen-bond acceptors (Lipinski definition) is 5. The molecule has 0 aromatic rings. The van der Waals surface area contributed by atoms with E-state index >= 15 is 0 Å². The number of carboxylic acids is 1. The molecule has 0 fully saturated rings. The fourth-order valence-corrected chi connectivity index (χ4v) is 2.11. The molecular formula is C16H36N4O2. The molecule has 0 atom stereocenters. The number of unbranched alkanes of at least 4 members (excludes halogenated alkanes) is 3. The monoisotopic (exact) mass is 316 g/mol. The van der Waals surface area contributed by atoms with Crippen LogP contribution in [0.3, 0.4) is 0 Å². The first kappa shape index (κ1) is 21.3. The Morgan fingerprint density at radius 3 is 1.64 bits per heavy atom. The second kappa shape index (κ2) is 18.4. The molecule has 5 N–H and O–H groups in total. The number of hydrogen-bond donors (Lipinski definition) is 5. The molecule has 0 rings (SSSR count). The van der Waals surface area contributed by atoms with Crippen LogP contribution in [-0.2, 0) is 4.79 Å². The van der Waals surface area contributed by atoms with Crippen molar-refractivity contribution < 1.29 is 9.90 Å². The minimum atomic E-state index is -0.691. The third-order valence-corrected chi connectivity index (χ3v) is 3.41. The highest BCUT2D eigenvalue weighted by molar-refractivity contribution is 5.66. The molecule has 132 valence electrons. The van der Waals surface area contributed by atoms with Gasteiger partial charge in [0, 0.05) is 32.6 Å². The van der Waals surface area contributed by atoms with E-state index < -0.39 is 5.97 Å². The van der Waals surface area contributed by atoms with Crippen LogP contribution < -0.4 is 21.3 Å². The Hall–Kier alpha value is -0.690. The first-order valence-corrected chi connectivity index (χ1v) is 8.82. The maximum atomic E-state index is 10.3. The van der Waals surface area contributed by atoms with Crippen LogP contribution in [-0.4, -0.2) is 63.4 Å². The number of nitrogens with one attached hydrogen (secondary N) is 4. The van der Waals surface area contributed by atoms with Gasteiger partial charge in [-0.15, -0.1) is 0 Å². The Kier molecular flexibility index (Phi) is 17.8. The predicted molar refractivity (Wildman–Crippen MR) is 92.5 cm³/mol. The SMILES string of the molecule is CCNCCCCNCCNCCNCCCCCC(=O)O. The smallest absolute Gasteiger partial charge is 0.303 e. The molecule has 0 unspecified atom stereocenters. The molecule has 0 saturated heterocycles. The zero-order valence-corrected chi connectivity index (χ0v) is 14.3. The standard InChI is InChI=1S/C16H36N4O2/c1-2-17-9-6-7-11-19-13-15-20-14-12-18-10-5-3-4-8-16(21)22/h17-20H,2-15H2,1H3,(H,21,22). The molecule has 0 radical (unpaired) electrons. The Labute approximate surface area is 135 Å². The second-order valence-corrected chi connectivity index (χ2v) is 5.52. The fraction of sp³-hybridized carbons (Fsp3) is 0.938. The van der Waals surface area contributed by atoms with E-state index in [2.05, 4.69) is 28.2 Å². The summed E-state index contributed by atoms with van der Waals surface area (Å²) in [6, 6.07) is 0. The lowest BCUT2D eigenvalue weighted by molar-refractivity contribution is -0.137. The minimum absolute atomic E-state index is 0.295. The number of aliphatic carboxylic acids is 1. The highest BCUT2D eigenvalue weighted by atomic mass is 16.4. The van der Waals surface area contributed by atoms with Crippen molar-refractivity contribution in [3.05, 3.63) is 0 Å². The summed E-state index contributed by atoms with van der Waals surface area (Å²) in [6.45, 7) is 10.4. The molecule has 0 bridgehead atoms. The van der Waals surface area contributed by atoms with Crippen molar-refractivity contribution >= 4 is 5.97 Å². The molecular weight excluding hydrogens is 280 g/mol. The van der Waals surface area contributed by atoms with Crippen LogP contribution in [0.4, 0.5) is 0 Å². The van der Waals surface area contributed by atoms with Gasteiger partial charge in [-0.1, -0.05) is 13.3 Å². The fourth-order valence-electron chi connectivity index (χ4n) is 2.11. The topological polar surface area (TPSA) is 85.4 Å². The Morgan fingerprint density at radius 1 is 0.682 bits per heavy atom.